The smallest absolute Gasteiger partial charge is 0.229 e. The molecule has 0 atom stereocenters. The predicted molar refractivity (Wildman–Crippen MR) is 272 cm³/mol. The zero-order valence-electron chi connectivity index (χ0n) is 38.2. The number of fused-ring (bicyclic) bond motifs is 2. The van der Waals surface area contributed by atoms with Gasteiger partial charge in [-0.1, -0.05) is 31.7 Å². The van der Waals surface area contributed by atoms with E-state index in [1.54, 1.807) is 36.4 Å². The van der Waals surface area contributed by atoms with Gasteiger partial charge < -0.3 is 33.4 Å². The molecule has 16 nitrogen and oxygen atoms in total. The van der Waals surface area contributed by atoms with Crippen LogP contribution < -0.4 is 24.2 Å². The zero-order valence-corrected chi connectivity index (χ0v) is 40.6. The molecule has 19 heteroatoms. The molecule has 3 N–H and O–H groups in total. The van der Waals surface area contributed by atoms with Crippen LogP contribution in [0.15, 0.2) is 84.9 Å². The number of benzene rings is 4. The Morgan fingerprint density at radius 2 is 1.09 bits per heavy atom. The summed E-state index contributed by atoms with van der Waals surface area (Å²) in [6.07, 6.45) is 2.22. The summed E-state index contributed by atoms with van der Waals surface area (Å²) in [5.74, 6) is 1.87. The largest absolute Gasteiger partial charge is 0.492 e. The summed E-state index contributed by atoms with van der Waals surface area (Å²) in [6, 6.07) is 30.2. The molecule has 2 aliphatic heterocycles. The highest BCUT2D eigenvalue weighted by Gasteiger charge is 2.21. The lowest BCUT2D eigenvalue weighted by Gasteiger charge is -2.26. The highest BCUT2D eigenvalue weighted by atomic mass is 35.5. The Hall–Kier alpha value is -5.83. The summed E-state index contributed by atoms with van der Waals surface area (Å²) in [5.41, 5.74) is 7.24. The first kappa shape index (κ1) is 53.1. The number of ether oxygens (including phenoxy) is 4. The highest BCUT2D eigenvalue weighted by Crippen LogP contribution is 2.37. The van der Waals surface area contributed by atoms with Gasteiger partial charge in [0, 0.05) is 80.1 Å². The summed E-state index contributed by atoms with van der Waals surface area (Å²) < 4.78 is 76.9. The van der Waals surface area contributed by atoms with Gasteiger partial charge in [0.25, 0.3) is 0 Å². The maximum atomic E-state index is 11.5. The number of hydrogen-bond donors (Lipinski definition) is 3. The van der Waals surface area contributed by atoms with Crippen molar-refractivity contribution in [1.29, 1.82) is 10.5 Å². The van der Waals surface area contributed by atoms with Crippen LogP contribution in [0.5, 0.6) is 11.5 Å². The predicted octanol–water partition coefficient (Wildman–Crippen LogP) is 7.71. The van der Waals surface area contributed by atoms with Crippen molar-refractivity contribution < 1.29 is 35.8 Å². The number of morpholine rings is 2. The molecule has 0 bridgehead atoms. The van der Waals surface area contributed by atoms with E-state index in [-0.39, 0.29) is 7.43 Å². The van der Waals surface area contributed by atoms with Gasteiger partial charge in [0.05, 0.1) is 78.4 Å². The number of nitrogens with one attached hydrogen (secondary N) is 3. The van der Waals surface area contributed by atoms with E-state index in [4.69, 9.17) is 30.5 Å². The third kappa shape index (κ3) is 14.1. The van der Waals surface area contributed by atoms with Gasteiger partial charge in [-0.15, -0.1) is 11.6 Å². The maximum Gasteiger partial charge on any atom is 0.229 e. The van der Waals surface area contributed by atoms with Gasteiger partial charge in [0.2, 0.25) is 20.0 Å². The molecule has 2 aliphatic rings. The Morgan fingerprint density at radius 1 is 0.662 bits per heavy atom. The van der Waals surface area contributed by atoms with Crippen molar-refractivity contribution in [2.24, 2.45) is 0 Å². The van der Waals surface area contributed by atoms with Crippen molar-refractivity contribution in [3.8, 4) is 46.2 Å². The summed E-state index contributed by atoms with van der Waals surface area (Å²) in [4.78, 5) is 2.32. The van der Waals surface area contributed by atoms with Crippen molar-refractivity contribution in [1.82, 2.24) is 19.4 Å². The molecule has 6 aromatic rings. The van der Waals surface area contributed by atoms with Crippen LogP contribution >= 0.6 is 11.6 Å². The fraction of sp³-hybridized carbons (Fsp3) is 0.388. The topological polar surface area (TPSA) is 202 Å². The number of hydrogen-bond acceptors (Lipinski definition) is 12. The number of rotatable bonds is 15. The second-order valence-electron chi connectivity index (χ2n) is 15.6. The summed E-state index contributed by atoms with van der Waals surface area (Å²) in [7, 11) is -6.70. The van der Waals surface area contributed by atoms with E-state index in [0.717, 1.165) is 122 Å². The SMILES string of the molecule is C.C1COCCN1.CCn1c(-c2ccc(NS(C)(=O)=O)cc2)c(C#N)c2ccc(OCCCl)cc21.CCn1c(-c2ccc(NS(C)(=O)=O)cc2)c(C#N)c2ccc(OCCN3CCOCC3)cc21. The van der Waals surface area contributed by atoms with Crippen molar-refractivity contribution in [2.45, 2.75) is 34.4 Å². The van der Waals surface area contributed by atoms with Crippen LogP contribution in [-0.2, 0) is 42.6 Å². The molecule has 2 fully saturated rings. The van der Waals surface area contributed by atoms with Gasteiger partial charge >= 0.3 is 0 Å². The van der Waals surface area contributed by atoms with E-state index in [1.165, 1.54) is 0 Å². The molecule has 0 amide bonds. The quantitative estimate of drug-likeness (QED) is 0.0848. The molecular weight excluding hydrogens is 928 g/mol. The van der Waals surface area contributed by atoms with Gasteiger partial charge in [-0.25, -0.2) is 16.8 Å². The first-order valence-electron chi connectivity index (χ1n) is 22.0. The monoisotopic (exact) mass is 988 g/mol. The van der Waals surface area contributed by atoms with Gasteiger partial charge in [-0.2, -0.15) is 10.5 Å². The second-order valence-corrected chi connectivity index (χ2v) is 19.5. The highest BCUT2D eigenvalue weighted by molar-refractivity contribution is 7.92. The first-order chi connectivity index (χ1) is 32.3. The Balaban J connectivity index is 0.000000225. The van der Waals surface area contributed by atoms with Crippen molar-refractivity contribution >= 4 is 64.8 Å². The van der Waals surface area contributed by atoms with Crippen molar-refractivity contribution in [3.05, 3.63) is 96.1 Å². The van der Waals surface area contributed by atoms with E-state index in [2.05, 4.69) is 40.9 Å². The third-order valence-corrected chi connectivity index (χ3v) is 12.2. The lowest BCUT2D eigenvalue weighted by Crippen LogP contribution is -2.38. The number of nitriles is 2. The van der Waals surface area contributed by atoms with Crippen molar-refractivity contribution in [3.63, 3.8) is 0 Å². The Bertz CT molecular complexity index is 2910. The molecule has 0 radical (unpaired) electrons. The summed E-state index contributed by atoms with van der Waals surface area (Å²) in [5, 5.41) is 24.6. The lowest BCUT2D eigenvalue weighted by atomic mass is 10.1. The van der Waals surface area contributed by atoms with Crippen molar-refractivity contribution in [2.75, 3.05) is 100 Å². The van der Waals surface area contributed by atoms with Crippen LogP contribution in [0.25, 0.3) is 44.3 Å². The van der Waals surface area contributed by atoms with Crippen LogP contribution in [0.1, 0.15) is 32.4 Å². The first-order valence-corrected chi connectivity index (χ1v) is 26.3. The minimum atomic E-state index is -3.35. The standard InChI is InChI=1S/C24H28N4O4S.C20H20ClN3O3S.C4H9NO.CH4/c1-3-28-23-16-20(32-15-12-27-10-13-31-14-11-27)8-9-21(23)22(17-25)24(28)18-4-6-19(7-5-18)26-33(2,29)30;1-3-24-19-12-16(27-11-10-21)8-9-17(19)18(13-22)20(24)14-4-6-15(7-5-14)23-28(2,25)26;1-3-6-4-2-5-1;/h4-9,16,26H,3,10-15H2,1-2H3;4-9,12,23H,3,10-11H2,1-2H3;5H,1-4H2;1H4. The Morgan fingerprint density at radius 3 is 1.44 bits per heavy atom. The van der Waals surface area contributed by atoms with Gasteiger partial charge in [0.15, 0.2) is 0 Å². The van der Waals surface area contributed by atoms with Crippen LogP contribution in [0.2, 0.25) is 0 Å². The maximum absolute atomic E-state index is 11.5. The average molecular weight is 990 g/mol. The zero-order chi connectivity index (χ0) is 48.0. The second kappa shape index (κ2) is 25.0. The van der Waals surface area contributed by atoms with Crippen LogP contribution in [-0.4, -0.2) is 122 Å². The van der Waals surface area contributed by atoms with Gasteiger partial charge in [0.1, 0.15) is 36.9 Å². The number of aryl methyl sites for hydroxylation is 2. The Kier molecular flexibility index (Phi) is 19.5. The minimum absolute atomic E-state index is 0. The van der Waals surface area contributed by atoms with Gasteiger partial charge in [-0.05, 0) is 73.5 Å². The summed E-state index contributed by atoms with van der Waals surface area (Å²) in [6.45, 7) is 14.4. The Labute approximate surface area is 405 Å². The van der Waals surface area contributed by atoms with E-state index < -0.39 is 20.0 Å². The molecule has 0 aliphatic carbocycles. The number of nitrogens with zero attached hydrogens (tertiary/aromatic N) is 5. The third-order valence-electron chi connectivity index (χ3n) is 10.8. The number of alkyl halides is 1. The molecule has 364 valence electrons. The van der Waals surface area contributed by atoms with E-state index in [0.29, 0.717) is 60.4 Å². The normalized spacial score (nSPS) is 14.0. The van der Waals surface area contributed by atoms with Gasteiger partial charge in [-0.3, -0.25) is 14.3 Å². The molecule has 0 spiro atoms. The number of aromatic nitrogens is 2. The van der Waals surface area contributed by atoms with E-state index in [9.17, 15) is 27.4 Å². The van der Waals surface area contributed by atoms with E-state index >= 15 is 0 Å². The molecular formula is C49H61ClN8O8S2. The fourth-order valence-electron chi connectivity index (χ4n) is 7.93. The fourth-order valence-corrected chi connectivity index (χ4v) is 9.14. The molecule has 2 aromatic heterocycles. The molecule has 2 saturated heterocycles. The molecule has 68 heavy (non-hydrogen) atoms. The molecule has 4 aromatic carbocycles. The minimum Gasteiger partial charge on any atom is -0.492 e. The number of sulfonamides is 2. The number of halogens is 1. The molecule has 8 rings (SSSR count). The average Bonchev–Trinajstić information content (AvgIpc) is 3.82. The van der Waals surface area contributed by atoms with Crippen LogP contribution in [0.3, 0.4) is 0 Å². The molecule has 0 saturated carbocycles. The lowest BCUT2D eigenvalue weighted by molar-refractivity contribution is 0.0322. The van der Waals surface area contributed by atoms with Crippen LogP contribution in [0, 0.1) is 22.7 Å². The summed E-state index contributed by atoms with van der Waals surface area (Å²) >= 11 is 5.70. The van der Waals surface area contributed by atoms with Crippen LogP contribution in [0.4, 0.5) is 11.4 Å². The van der Waals surface area contributed by atoms with E-state index in [1.807, 2.05) is 62.4 Å². The molecule has 4 heterocycles. The number of anilines is 2. The molecule has 0 unspecified atom stereocenters.